The normalized spacial score (nSPS) is 31.9. The number of amides is 1. The Bertz CT molecular complexity index is 915. The fourth-order valence-electron chi connectivity index (χ4n) is 7.13. The van der Waals surface area contributed by atoms with Crippen LogP contribution in [0.2, 0.25) is 0 Å². The van der Waals surface area contributed by atoms with Crippen molar-refractivity contribution in [2.75, 3.05) is 7.11 Å². The van der Waals surface area contributed by atoms with Crippen molar-refractivity contribution < 1.29 is 9.53 Å². The molecule has 5 rings (SSSR count). The summed E-state index contributed by atoms with van der Waals surface area (Å²) < 4.78 is 5.46. The minimum atomic E-state index is 0.217. The Labute approximate surface area is 179 Å². The van der Waals surface area contributed by atoms with Crippen molar-refractivity contribution in [3.8, 4) is 5.75 Å². The molecule has 3 aliphatic carbocycles. The Morgan fingerprint density at radius 3 is 2.90 bits per heavy atom. The van der Waals surface area contributed by atoms with Crippen LogP contribution < -0.4 is 4.74 Å². The Kier molecular flexibility index (Phi) is 5.04. The van der Waals surface area contributed by atoms with Crippen molar-refractivity contribution in [2.45, 2.75) is 64.0 Å². The molecule has 0 unspecified atom stereocenters. The van der Waals surface area contributed by atoms with Crippen LogP contribution in [0, 0.1) is 17.3 Å². The second kappa shape index (κ2) is 7.72. The lowest BCUT2D eigenvalue weighted by Gasteiger charge is -2.52. The van der Waals surface area contributed by atoms with E-state index < -0.39 is 0 Å². The van der Waals surface area contributed by atoms with Crippen LogP contribution in [0.1, 0.15) is 61.6 Å². The van der Waals surface area contributed by atoms with Crippen LogP contribution in [0.15, 0.2) is 42.7 Å². The maximum absolute atomic E-state index is 12.1. The summed E-state index contributed by atoms with van der Waals surface area (Å²) in [7, 11) is 1.75. The third-order valence-corrected chi connectivity index (χ3v) is 8.51. The highest BCUT2D eigenvalue weighted by molar-refractivity contribution is 5.49. The van der Waals surface area contributed by atoms with Crippen molar-refractivity contribution in [2.24, 2.45) is 17.3 Å². The molecule has 0 radical (unpaired) electrons. The predicted octanol–water partition coefficient (Wildman–Crippen LogP) is 4.97. The van der Waals surface area contributed by atoms with Crippen LogP contribution >= 0.6 is 0 Å². The molecule has 4 nitrogen and oxygen atoms in total. The number of hydrogen-bond donors (Lipinski definition) is 0. The lowest BCUT2D eigenvalue weighted by Crippen LogP contribution is -2.49. The second-order valence-electron chi connectivity index (χ2n) is 9.76. The van der Waals surface area contributed by atoms with E-state index in [9.17, 15) is 4.79 Å². The van der Waals surface area contributed by atoms with E-state index in [0.29, 0.717) is 24.4 Å². The van der Waals surface area contributed by atoms with Gasteiger partial charge in [0, 0.05) is 25.0 Å². The molecule has 30 heavy (non-hydrogen) atoms. The van der Waals surface area contributed by atoms with Gasteiger partial charge in [0.1, 0.15) is 5.75 Å². The van der Waals surface area contributed by atoms with Crippen LogP contribution in [0.25, 0.3) is 0 Å². The standard InChI is InChI=1S/C26H32N2O2/c1-26-12-11-22-21-8-6-20(30-2)14-19(21)5-7-23(22)24(26)9-10-25(26)28(17-29)16-18-4-3-13-27-15-18/h3-4,6,8,13-15,17,22-25H,5,7,9-12,16H2,1-2H3/t22-,23-,24+,25+,26+/m1/s1. The summed E-state index contributed by atoms with van der Waals surface area (Å²) in [6.07, 6.45) is 12.0. The van der Waals surface area contributed by atoms with Gasteiger partial charge in [0.25, 0.3) is 0 Å². The fourth-order valence-corrected chi connectivity index (χ4v) is 7.13. The van der Waals surface area contributed by atoms with Gasteiger partial charge >= 0.3 is 0 Å². The van der Waals surface area contributed by atoms with Crippen molar-refractivity contribution in [3.63, 3.8) is 0 Å². The molecule has 1 amide bonds. The summed E-state index contributed by atoms with van der Waals surface area (Å²) in [5, 5.41) is 0. The first-order chi connectivity index (χ1) is 14.6. The molecule has 3 aliphatic rings. The van der Waals surface area contributed by atoms with Gasteiger partial charge in [0.05, 0.1) is 7.11 Å². The number of aromatic nitrogens is 1. The van der Waals surface area contributed by atoms with E-state index in [4.69, 9.17) is 4.74 Å². The van der Waals surface area contributed by atoms with Gasteiger partial charge in [-0.3, -0.25) is 9.78 Å². The lowest BCUT2D eigenvalue weighted by atomic mass is 9.55. The van der Waals surface area contributed by atoms with Crippen LogP contribution in [-0.4, -0.2) is 29.4 Å². The zero-order valence-corrected chi connectivity index (χ0v) is 18.1. The van der Waals surface area contributed by atoms with Gasteiger partial charge < -0.3 is 9.64 Å². The summed E-state index contributed by atoms with van der Waals surface area (Å²) in [4.78, 5) is 18.4. The average Bonchev–Trinajstić information content (AvgIpc) is 3.14. The second-order valence-corrected chi connectivity index (χ2v) is 9.76. The molecule has 0 aliphatic heterocycles. The van der Waals surface area contributed by atoms with E-state index >= 15 is 0 Å². The molecule has 2 fully saturated rings. The molecule has 1 aromatic heterocycles. The zero-order valence-electron chi connectivity index (χ0n) is 18.1. The molecular formula is C26H32N2O2. The number of carbonyl (C=O) groups excluding carboxylic acids is 1. The molecule has 158 valence electrons. The summed E-state index contributed by atoms with van der Waals surface area (Å²) in [6.45, 7) is 3.13. The van der Waals surface area contributed by atoms with Gasteiger partial charge in [-0.25, -0.2) is 0 Å². The van der Waals surface area contributed by atoms with Crippen LogP contribution in [-0.2, 0) is 17.8 Å². The Morgan fingerprint density at radius 2 is 2.13 bits per heavy atom. The molecule has 2 saturated carbocycles. The fraction of sp³-hybridized carbons (Fsp3) is 0.538. The monoisotopic (exact) mass is 404 g/mol. The third kappa shape index (κ3) is 3.12. The number of pyridine rings is 1. The van der Waals surface area contributed by atoms with E-state index in [1.807, 2.05) is 12.3 Å². The number of benzene rings is 1. The van der Waals surface area contributed by atoms with Gasteiger partial charge in [-0.15, -0.1) is 0 Å². The predicted molar refractivity (Wildman–Crippen MR) is 117 cm³/mol. The number of nitrogens with zero attached hydrogens (tertiary/aromatic N) is 2. The average molecular weight is 405 g/mol. The highest BCUT2D eigenvalue weighted by Crippen LogP contribution is 2.61. The molecule has 4 heteroatoms. The Balaban J connectivity index is 1.39. The number of fused-ring (bicyclic) bond motifs is 5. The van der Waals surface area contributed by atoms with Crippen molar-refractivity contribution in [1.29, 1.82) is 0 Å². The SMILES string of the molecule is COc1ccc2c(c1)CC[C@@H]1[C@@H]2CC[C@]2(C)[C@@H](N(C=O)Cc3cccnc3)CC[C@@H]12. The number of ether oxygens (including phenoxy) is 1. The van der Waals surface area contributed by atoms with Gasteiger partial charge in [0.2, 0.25) is 6.41 Å². The summed E-state index contributed by atoms with van der Waals surface area (Å²) in [6, 6.07) is 11.1. The third-order valence-electron chi connectivity index (χ3n) is 8.51. The number of hydrogen-bond acceptors (Lipinski definition) is 3. The maximum atomic E-state index is 12.1. The zero-order chi connectivity index (χ0) is 20.7. The van der Waals surface area contributed by atoms with Crippen molar-refractivity contribution >= 4 is 6.41 Å². The highest BCUT2D eigenvalue weighted by Gasteiger charge is 2.56. The van der Waals surface area contributed by atoms with Crippen molar-refractivity contribution in [3.05, 3.63) is 59.4 Å². The molecule has 0 spiro atoms. The summed E-state index contributed by atoms with van der Waals surface area (Å²) >= 11 is 0. The van der Waals surface area contributed by atoms with E-state index in [1.54, 1.807) is 18.9 Å². The largest absolute Gasteiger partial charge is 0.497 e. The van der Waals surface area contributed by atoms with Crippen LogP contribution in [0.4, 0.5) is 0 Å². The lowest BCUT2D eigenvalue weighted by molar-refractivity contribution is -0.124. The molecule has 0 bridgehead atoms. The first-order valence-corrected chi connectivity index (χ1v) is 11.4. The van der Waals surface area contributed by atoms with Gasteiger partial charge in [-0.05, 0) is 96.6 Å². The minimum Gasteiger partial charge on any atom is -0.497 e. The first kappa shape index (κ1) is 19.6. The number of carbonyl (C=O) groups is 1. The molecule has 2 aromatic rings. The van der Waals surface area contributed by atoms with E-state index in [2.05, 4.69) is 41.1 Å². The smallest absolute Gasteiger partial charge is 0.210 e. The molecule has 1 aromatic carbocycles. The molecule has 5 atom stereocenters. The quantitative estimate of drug-likeness (QED) is 0.661. The minimum absolute atomic E-state index is 0.217. The topological polar surface area (TPSA) is 42.4 Å². The van der Waals surface area contributed by atoms with Gasteiger partial charge in [0.15, 0.2) is 0 Å². The summed E-state index contributed by atoms with van der Waals surface area (Å²) in [5.41, 5.74) is 4.37. The molecule has 0 N–H and O–H groups in total. The van der Waals surface area contributed by atoms with Crippen LogP contribution in [0.3, 0.4) is 0 Å². The molecule has 0 saturated heterocycles. The summed E-state index contributed by atoms with van der Waals surface area (Å²) in [5.74, 6) is 3.08. The van der Waals surface area contributed by atoms with E-state index in [0.717, 1.165) is 36.5 Å². The first-order valence-electron chi connectivity index (χ1n) is 11.4. The molecular weight excluding hydrogens is 372 g/mol. The Morgan fingerprint density at radius 1 is 1.23 bits per heavy atom. The highest BCUT2D eigenvalue weighted by atomic mass is 16.5. The maximum Gasteiger partial charge on any atom is 0.210 e. The van der Waals surface area contributed by atoms with E-state index in [-0.39, 0.29) is 5.41 Å². The van der Waals surface area contributed by atoms with Gasteiger partial charge in [-0.1, -0.05) is 19.1 Å². The Hall–Kier alpha value is -2.36. The van der Waals surface area contributed by atoms with Crippen LogP contribution in [0.5, 0.6) is 5.75 Å². The van der Waals surface area contributed by atoms with Crippen molar-refractivity contribution in [1.82, 2.24) is 9.88 Å². The number of methoxy groups -OCH3 is 1. The van der Waals surface area contributed by atoms with E-state index in [1.165, 1.54) is 31.2 Å². The molecule has 1 heterocycles. The van der Waals surface area contributed by atoms with Gasteiger partial charge in [-0.2, -0.15) is 0 Å². The number of aryl methyl sites for hydroxylation is 1. The number of rotatable bonds is 5.